The molecule has 3 aliphatic rings. The van der Waals surface area contributed by atoms with Gasteiger partial charge in [0.2, 0.25) is 0 Å². The van der Waals surface area contributed by atoms with E-state index in [1.54, 1.807) is 0 Å². The SMILES string of the molecule is C1CCOC1.C=Cc1ccc(COCC2CO2)cc1.CCC(C)c1ccc(COCC2CO2)cc1. The second-order valence-corrected chi connectivity index (χ2v) is 9.26. The van der Waals surface area contributed by atoms with Gasteiger partial charge in [-0.2, -0.15) is 0 Å². The fourth-order valence-electron chi connectivity index (χ4n) is 3.38. The summed E-state index contributed by atoms with van der Waals surface area (Å²) in [6, 6.07) is 16.9. The van der Waals surface area contributed by atoms with Crippen LogP contribution in [0.15, 0.2) is 55.1 Å². The zero-order valence-corrected chi connectivity index (χ0v) is 21.5. The molecule has 35 heavy (non-hydrogen) atoms. The summed E-state index contributed by atoms with van der Waals surface area (Å²) in [6.07, 6.45) is 6.29. The summed E-state index contributed by atoms with van der Waals surface area (Å²) in [4.78, 5) is 0. The molecular weight excluding hydrogens is 440 g/mol. The molecule has 2 aromatic carbocycles. The molecule has 2 aromatic rings. The van der Waals surface area contributed by atoms with Crippen LogP contribution in [0, 0.1) is 0 Å². The largest absolute Gasteiger partial charge is 0.381 e. The number of epoxide rings is 2. The van der Waals surface area contributed by atoms with E-state index in [-0.39, 0.29) is 0 Å². The van der Waals surface area contributed by atoms with Crippen LogP contribution in [0.25, 0.3) is 6.08 Å². The number of ether oxygens (including phenoxy) is 5. The molecule has 0 amide bonds. The molecule has 3 fully saturated rings. The van der Waals surface area contributed by atoms with Gasteiger partial charge in [0, 0.05) is 13.2 Å². The first-order valence-corrected chi connectivity index (χ1v) is 12.9. The van der Waals surface area contributed by atoms with E-state index >= 15 is 0 Å². The third-order valence-corrected chi connectivity index (χ3v) is 6.15. The molecule has 3 heterocycles. The Bertz CT molecular complexity index is 813. The highest BCUT2D eigenvalue weighted by molar-refractivity contribution is 5.47. The Kier molecular flexibility index (Phi) is 12.5. The van der Waals surface area contributed by atoms with Gasteiger partial charge in [0.15, 0.2) is 0 Å². The normalized spacial score (nSPS) is 20.6. The van der Waals surface area contributed by atoms with Crippen LogP contribution in [0.1, 0.15) is 61.3 Å². The fourth-order valence-corrected chi connectivity index (χ4v) is 3.38. The number of benzene rings is 2. The van der Waals surface area contributed by atoms with Crippen molar-refractivity contribution < 1.29 is 23.7 Å². The van der Waals surface area contributed by atoms with Crippen molar-refractivity contribution in [2.24, 2.45) is 0 Å². The van der Waals surface area contributed by atoms with Crippen molar-refractivity contribution in [1.29, 1.82) is 0 Å². The maximum absolute atomic E-state index is 5.55. The predicted molar refractivity (Wildman–Crippen MR) is 141 cm³/mol. The van der Waals surface area contributed by atoms with Gasteiger partial charge in [0.1, 0.15) is 12.2 Å². The lowest BCUT2D eigenvalue weighted by atomic mass is 9.98. The fraction of sp³-hybridized carbons (Fsp3) is 0.533. The van der Waals surface area contributed by atoms with Crippen LogP contribution >= 0.6 is 0 Å². The first kappa shape index (κ1) is 27.6. The molecule has 0 radical (unpaired) electrons. The molecule has 5 nitrogen and oxygen atoms in total. The first-order chi connectivity index (χ1) is 17.2. The molecule has 3 saturated heterocycles. The molecule has 192 valence electrons. The van der Waals surface area contributed by atoms with Crippen LogP contribution in [0.4, 0.5) is 0 Å². The van der Waals surface area contributed by atoms with Gasteiger partial charge in [-0.05, 0) is 47.4 Å². The molecule has 0 bridgehead atoms. The monoisotopic (exact) mass is 482 g/mol. The van der Waals surface area contributed by atoms with Crippen molar-refractivity contribution in [2.45, 2.75) is 64.4 Å². The van der Waals surface area contributed by atoms with Gasteiger partial charge in [0.25, 0.3) is 0 Å². The van der Waals surface area contributed by atoms with Crippen LogP contribution in [0.5, 0.6) is 0 Å². The topological polar surface area (TPSA) is 52.8 Å². The van der Waals surface area contributed by atoms with E-state index in [2.05, 4.69) is 56.8 Å². The van der Waals surface area contributed by atoms with E-state index in [0.29, 0.717) is 37.9 Å². The summed E-state index contributed by atoms with van der Waals surface area (Å²) in [7, 11) is 0. The molecule has 0 aliphatic carbocycles. The van der Waals surface area contributed by atoms with E-state index < -0.39 is 0 Å². The van der Waals surface area contributed by atoms with Crippen LogP contribution in [0.3, 0.4) is 0 Å². The van der Waals surface area contributed by atoms with E-state index in [9.17, 15) is 0 Å². The Morgan fingerprint density at radius 1 is 0.857 bits per heavy atom. The molecular formula is C30H42O5. The average Bonchev–Trinajstić information content (AvgIpc) is 3.84. The van der Waals surface area contributed by atoms with Gasteiger partial charge < -0.3 is 23.7 Å². The molecule has 0 N–H and O–H groups in total. The van der Waals surface area contributed by atoms with Crippen molar-refractivity contribution >= 4 is 6.08 Å². The Hall–Kier alpha value is -2.02. The minimum Gasteiger partial charge on any atom is -0.381 e. The summed E-state index contributed by atoms with van der Waals surface area (Å²) < 4.78 is 26.1. The lowest BCUT2D eigenvalue weighted by Crippen LogP contribution is -2.01. The van der Waals surface area contributed by atoms with Gasteiger partial charge in [-0.25, -0.2) is 0 Å². The second-order valence-electron chi connectivity index (χ2n) is 9.26. The number of hydrogen-bond acceptors (Lipinski definition) is 5. The predicted octanol–water partition coefficient (Wildman–Crippen LogP) is 6.16. The highest BCUT2D eigenvalue weighted by atomic mass is 16.6. The first-order valence-electron chi connectivity index (χ1n) is 12.9. The van der Waals surface area contributed by atoms with E-state index in [1.165, 1.54) is 36.0 Å². The summed E-state index contributed by atoms with van der Waals surface area (Å²) in [6.45, 7) is 14.7. The minimum absolute atomic E-state index is 0.349. The summed E-state index contributed by atoms with van der Waals surface area (Å²) in [5.41, 5.74) is 4.99. The Labute approximate surface area is 211 Å². The Morgan fingerprint density at radius 3 is 1.71 bits per heavy atom. The maximum atomic E-state index is 5.55. The molecule has 3 aliphatic heterocycles. The highest BCUT2D eigenvalue weighted by Crippen LogP contribution is 2.19. The van der Waals surface area contributed by atoms with Gasteiger partial charge in [-0.1, -0.05) is 75.0 Å². The standard InChI is InChI=1S/C14H20O2.C12H14O2.C4H8O/c1-3-11(2)13-6-4-12(5-7-13)8-15-9-14-10-16-14;1-2-10-3-5-11(6-4-10)7-13-8-12-9-14-12;1-2-4-5-3-1/h4-7,11,14H,3,8-10H2,1-2H3;2-6,12H,1,7-9H2;1-4H2. The quantitative estimate of drug-likeness (QED) is 0.359. The Morgan fingerprint density at radius 2 is 1.34 bits per heavy atom. The minimum atomic E-state index is 0.349. The van der Waals surface area contributed by atoms with Gasteiger partial charge in [0.05, 0.1) is 39.6 Å². The average molecular weight is 483 g/mol. The molecule has 3 unspecified atom stereocenters. The zero-order valence-electron chi connectivity index (χ0n) is 21.5. The van der Waals surface area contributed by atoms with Crippen molar-refractivity contribution in [3.8, 4) is 0 Å². The molecule has 0 spiro atoms. The highest BCUT2D eigenvalue weighted by Gasteiger charge is 2.22. The van der Waals surface area contributed by atoms with Crippen LogP contribution in [-0.2, 0) is 36.9 Å². The van der Waals surface area contributed by atoms with Gasteiger partial charge >= 0.3 is 0 Å². The maximum Gasteiger partial charge on any atom is 0.104 e. The van der Waals surface area contributed by atoms with Crippen molar-refractivity contribution in [2.75, 3.05) is 39.6 Å². The number of rotatable bonds is 11. The van der Waals surface area contributed by atoms with Crippen molar-refractivity contribution in [3.63, 3.8) is 0 Å². The Balaban J connectivity index is 0.000000164. The molecule has 0 aromatic heterocycles. The second kappa shape index (κ2) is 15.9. The lowest BCUT2D eigenvalue weighted by molar-refractivity contribution is 0.104. The van der Waals surface area contributed by atoms with Gasteiger partial charge in [-0.3, -0.25) is 0 Å². The van der Waals surface area contributed by atoms with Crippen LogP contribution < -0.4 is 0 Å². The summed E-state index contributed by atoms with van der Waals surface area (Å²) in [5.74, 6) is 0.648. The third kappa shape index (κ3) is 12.0. The summed E-state index contributed by atoms with van der Waals surface area (Å²) >= 11 is 0. The zero-order chi connectivity index (χ0) is 24.7. The van der Waals surface area contributed by atoms with Gasteiger partial charge in [-0.15, -0.1) is 0 Å². The molecule has 0 saturated carbocycles. The van der Waals surface area contributed by atoms with Crippen LogP contribution in [0.2, 0.25) is 0 Å². The smallest absolute Gasteiger partial charge is 0.104 e. The van der Waals surface area contributed by atoms with E-state index in [4.69, 9.17) is 23.7 Å². The van der Waals surface area contributed by atoms with Crippen molar-refractivity contribution in [1.82, 2.24) is 0 Å². The van der Waals surface area contributed by atoms with E-state index in [1.807, 2.05) is 18.2 Å². The van der Waals surface area contributed by atoms with Crippen LogP contribution in [-0.4, -0.2) is 51.8 Å². The number of hydrogen-bond donors (Lipinski definition) is 0. The van der Waals surface area contributed by atoms with E-state index in [0.717, 1.165) is 38.6 Å². The van der Waals surface area contributed by atoms with Crippen molar-refractivity contribution in [3.05, 3.63) is 77.4 Å². The molecule has 5 heteroatoms. The molecule has 5 rings (SSSR count). The lowest BCUT2D eigenvalue weighted by Gasteiger charge is -2.09. The third-order valence-electron chi connectivity index (χ3n) is 6.15. The molecule has 3 atom stereocenters. The summed E-state index contributed by atoms with van der Waals surface area (Å²) in [5, 5.41) is 0.